The monoisotopic (exact) mass is 353 g/mol. The van der Waals surface area contributed by atoms with E-state index >= 15 is 0 Å². The van der Waals surface area contributed by atoms with Crippen LogP contribution in [0.15, 0.2) is 48.5 Å². The van der Waals surface area contributed by atoms with Crippen molar-refractivity contribution in [2.75, 3.05) is 13.2 Å². The van der Waals surface area contributed by atoms with Gasteiger partial charge in [0.15, 0.2) is 6.61 Å². The number of carbonyl (C=O) groups is 2. The van der Waals surface area contributed by atoms with E-state index in [1.807, 2.05) is 4.90 Å². The Morgan fingerprint density at radius 3 is 2.69 bits per heavy atom. The molecule has 2 aromatic carbocycles. The Morgan fingerprint density at radius 1 is 1.19 bits per heavy atom. The third-order valence-electron chi connectivity index (χ3n) is 4.67. The van der Waals surface area contributed by atoms with Crippen molar-refractivity contribution in [3.63, 3.8) is 0 Å². The Balaban J connectivity index is 1.70. The predicted molar refractivity (Wildman–Crippen MR) is 98.5 cm³/mol. The van der Waals surface area contributed by atoms with E-state index in [9.17, 15) is 9.59 Å². The molecule has 0 bridgehead atoms. The number of rotatable bonds is 6. The van der Waals surface area contributed by atoms with Crippen molar-refractivity contribution in [2.45, 2.75) is 32.2 Å². The number of nitrogens with zero attached hydrogens (tertiary/aromatic N) is 1. The fourth-order valence-corrected chi connectivity index (χ4v) is 3.34. The Morgan fingerprint density at radius 2 is 1.96 bits per heavy atom. The Labute approximate surface area is 153 Å². The van der Waals surface area contributed by atoms with Gasteiger partial charge in [-0.05, 0) is 49.9 Å². The average molecular weight is 353 g/mol. The van der Waals surface area contributed by atoms with Crippen molar-refractivity contribution in [1.29, 1.82) is 0 Å². The molecule has 2 aromatic rings. The third-order valence-corrected chi connectivity index (χ3v) is 4.67. The molecule has 1 heterocycles. The number of ether oxygens (including phenoxy) is 1. The van der Waals surface area contributed by atoms with Crippen LogP contribution in [0, 0.1) is 6.92 Å². The van der Waals surface area contributed by atoms with E-state index in [4.69, 9.17) is 9.84 Å². The van der Waals surface area contributed by atoms with E-state index in [0.29, 0.717) is 11.3 Å². The summed E-state index contributed by atoms with van der Waals surface area (Å²) in [6, 6.07) is 15.4. The molecule has 1 amide bonds. The van der Waals surface area contributed by atoms with Crippen LogP contribution in [0.3, 0.4) is 0 Å². The highest BCUT2D eigenvalue weighted by molar-refractivity contribution is 5.95. The van der Waals surface area contributed by atoms with Crippen LogP contribution in [0.1, 0.15) is 34.3 Å². The minimum atomic E-state index is -1.04. The summed E-state index contributed by atoms with van der Waals surface area (Å²) in [5.74, 6) is -0.674. The molecule has 1 N–H and O–H groups in total. The zero-order chi connectivity index (χ0) is 18.5. The van der Waals surface area contributed by atoms with Crippen LogP contribution < -0.4 is 4.74 Å². The van der Waals surface area contributed by atoms with Gasteiger partial charge in [0.2, 0.25) is 0 Å². The van der Waals surface area contributed by atoms with Gasteiger partial charge in [0.25, 0.3) is 5.91 Å². The Kier molecular flexibility index (Phi) is 5.56. The van der Waals surface area contributed by atoms with E-state index < -0.39 is 12.6 Å². The summed E-state index contributed by atoms with van der Waals surface area (Å²) in [6.45, 7) is 2.39. The van der Waals surface area contributed by atoms with Gasteiger partial charge in [0.1, 0.15) is 5.75 Å². The zero-order valence-corrected chi connectivity index (χ0v) is 14.9. The Hall–Kier alpha value is -2.82. The molecule has 0 radical (unpaired) electrons. The number of carboxylic acid groups (broad SMARTS) is 1. The first kappa shape index (κ1) is 18.0. The van der Waals surface area contributed by atoms with E-state index in [0.717, 1.165) is 25.8 Å². The molecule has 0 saturated carbocycles. The van der Waals surface area contributed by atoms with Crippen molar-refractivity contribution >= 4 is 11.9 Å². The zero-order valence-electron chi connectivity index (χ0n) is 14.9. The van der Waals surface area contributed by atoms with Crippen molar-refractivity contribution in [1.82, 2.24) is 4.90 Å². The minimum absolute atomic E-state index is 0.0274. The number of aryl methyl sites for hydroxylation is 1. The summed E-state index contributed by atoms with van der Waals surface area (Å²) in [5, 5.41) is 8.72. The van der Waals surface area contributed by atoms with Crippen LogP contribution in [0.25, 0.3) is 0 Å². The largest absolute Gasteiger partial charge is 0.482 e. The summed E-state index contributed by atoms with van der Waals surface area (Å²) >= 11 is 0. The van der Waals surface area contributed by atoms with Crippen LogP contribution in [-0.2, 0) is 11.2 Å². The van der Waals surface area contributed by atoms with Gasteiger partial charge >= 0.3 is 5.97 Å². The van der Waals surface area contributed by atoms with Crippen molar-refractivity contribution in [2.24, 2.45) is 0 Å². The fourth-order valence-electron chi connectivity index (χ4n) is 3.34. The molecule has 1 aliphatic rings. The van der Waals surface area contributed by atoms with E-state index in [1.54, 1.807) is 24.3 Å². The van der Waals surface area contributed by atoms with Crippen molar-refractivity contribution < 1.29 is 19.4 Å². The molecule has 5 nitrogen and oxygen atoms in total. The maximum atomic E-state index is 12.9. The maximum Gasteiger partial charge on any atom is 0.341 e. The second-order valence-electron chi connectivity index (χ2n) is 6.69. The molecular formula is C21H23NO4. The van der Waals surface area contributed by atoms with Gasteiger partial charge in [-0.1, -0.05) is 35.9 Å². The molecule has 5 heteroatoms. The normalized spacial score (nSPS) is 16.5. The van der Waals surface area contributed by atoms with Crippen LogP contribution in [0.2, 0.25) is 0 Å². The maximum absolute atomic E-state index is 12.9. The van der Waals surface area contributed by atoms with Crippen LogP contribution in [0.4, 0.5) is 0 Å². The second-order valence-corrected chi connectivity index (χ2v) is 6.69. The first-order valence-electron chi connectivity index (χ1n) is 8.84. The summed E-state index contributed by atoms with van der Waals surface area (Å²) in [4.78, 5) is 25.5. The average Bonchev–Trinajstić information content (AvgIpc) is 3.09. The highest BCUT2D eigenvalue weighted by Gasteiger charge is 2.29. The van der Waals surface area contributed by atoms with E-state index in [2.05, 4.69) is 31.2 Å². The number of amides is 1. The molecule has 3 rings (SSSR count). The van der Waals surface area contributed by atoms with Gasteiger partial charge in [-0.15, -0.1) is 0 Å². The molecule has 1 aliphatic heterocycles. The molecule has 1 unspecified atom stereocenters. The van der Waals surface area contributed by atoms with Crippen LogP contribution in [0.5, 0.6) is 5.75 Å². The number of aliphatic carboxylic acids is 1. The number of likely N-dealkylation sites (tertiary alicyclic amines) is 1. The smallest absolute Gasteiger partial charge is 0.341 e. The summed E-state index contributed by atoms with van der Waals surface area (Å²) in [6.07, 6.45) is 2.84. The van der Waals surface area contributed by atoms with Crippen LogP contribution in [-0.4, -0.2) is 41.1 Å². The van der Waals surface area contributed by atoms with Gasteiger partial charge in [-0.2, -0.15) is 0 Å². The highest BCUT2D eigenvalue weighted by Crippen LogP contribution is 2.25. The van der Waals surface area contributed by atoms with Gasteiger partial charge in [0, 0.05) is 18.2 Å². The van der Waals surface area contributed by atoms with Gasteiger partial charge in [-0.25, -0.2) is 4.79 Å². The first-order chi connectivity index (χ1) is 12.5. The summed E-state index contributed by atoms with van der Waals surface area (Å²) in [7, 11) is 0. The number of hydrogen-bond acceptors (Lipinski definition) is 3. The lowest BCUT2D eigenvalue weighted by Crippen LogP contribution is -2.36. The Bertz CT molecular complexity index is 785. The van der Waals surface area contributed by atoms with Crippen molar-refractivity contribution in [3.8, 4) is 5.75 Å². The SMILES string of the molecule is Cc1ccc(CC2CCCN2C(=O)c2cccc(OCC(=O)O)c2)cc1. The molecule has 0 aliphatic carbocycles. The summed E-state index contributed by atoms with van der Waals surface area (Å²) in [5.41, 5.74) is 2.99. The topological polar surface area (TPSA) is 66.8 Å². The lowest BCUT2D eigenvalue weighted by atomic mass is 10.0. The van der Waals surface area contributed by atoms with Gasteiger partial charge < -0.3 is 14.7 Å². The number of carboxylic acids is 1. The lowest BCUT2D eigenvalue weighted by molar-refractivity contribution is -0.139. The van der Waals surface area contributed by atoms with E-state index in [-0.39, 0.29) is 11.9 Å². The van der Waals surface area contributed by atoms with Gasteiger partial charge in [0.05, 0.1) is 0 Å². The number of carbonyl (C=O) groups excluding carboxylic acids is 1. The fraction of sp³-hybridized carbons (Fsp3) is 0.333. The van der Waals surface area contributed by atoms with E-state index in [1.165, 1.54) is 11.1 Å². The standard InChI is InChI=1S/C21H23NO4/c1-15-7-9-16(10-8-15)12-18-5-3-11-22(18)21(25)17-4-2-6-19(13-17)26-14-20(23)24/h2,4,6-10,13,18H,3,5,11-12,14H2,1H3,(H,23,24). The summed E-state index contributed by atoms with van der Waals surface area (Å²) < 4.78 is 5.18. The first-order valence-corrected chi connectivity index (χ1v) is 8.84. The molecule has 136 valence electrons. The molecule has 0 spiro atoms. The van der Waals surface area contributed by atoms with Gasteiger partial charge in [-0.3, -0.25) is 4.79 Å². The minimum Gasteiger partial charge on any atom is -0.482 e. The number of benzene rings is 2. The van der Waals surface area contributed by atoms with Crippen molar-refractivity contribution in [3.05, 3.63) is 65.2 Å². The third kappa shape index (κ3) is 4.42. The quantitative estimate of drug-likeness (QED) is 0.865. The number of hydrogen-bond donors (Lipinski definition) is 1. The molecule has 1 fully saturated rings. The van der Waals surface area contributed by atoms with Crippen LogP contribution >= 0.6 is 0 Å². The second kappa shape index (κ2) is 8.04. The molecule has 26 heavy (non-hydrogen) atoms. The molecule has 1 atom stereocenters. The lowest BCUT2D eigenvalue weighted by Gasteiger charge is -2.25. The predicted octanol–water partition coefficient (Wildman–Crippen LogP) is 3.31. The molecule has 0 aromatic heterocycles. The molecule has 1 saturated heterocycles. The highest BCUT2D eigenvalue weighted by atomic mass is 16.5. The molecular weight excluding hydrogens is 330 g/mol.